The molecule has 25 nitrogen and oxygen atoms in total. The Hall–Kier alpha value is -6.94. The molecule has 5 aliphatic rings. The highest BCUT2D eigenvalue weighted by molar-refractivity contribution is 6.06. The van der Waals surface area contributed by atoms with Gasteiger partial charge in [0.1, 0.15) is 50.9 Å². The Morgan fingerprint density at radius 2 is 0.493 bits per heavy atom. The van der Waals surface area contributed by atoms with E-state index in [1.165, 1.54) is 0 Å². The highest BCUT2D eigenvalue weighted by atomic mass is 16.6. The van der Waals surface area contributed by atoms with Crippen molar-refractivity contribution in [3.05, 3.63) is 36.4 Å². The Kier molecular flexibility index (Phi) is 16.8. The molecule has 0 spiro atoms. The van der Waals surface area contributed by atoms with Crippen molar-refractivity contribution >= 4 is 33.6 Å². The van der Waals surface area contributed by atoms with Crippen molar-refractivity contribution in [1.29, 1.82) is 0 Å². The summed E-state index contributed by atoms with van der Waals surface area (Å²) in [7, 11) is 0. The minimum Gasteiger partial charge on any atom is -0.487 e. The minimum absolute atomic E-state index is 0.121. The van der Waals surface area contributed by atoms with Gasteiger partial charge in [-0.3, -0.25) is 4.98 Å². The highest BCUT2D eigenvalue weighted by Gasteiger charge is 2.27. The van der Waals surface area contributed by atoms with E-state index in [1.54, 1.807) is 0 Å². The molecule has 2 N–H and O–H groups in total. The molecule has 0 amide bonds. The predicted octanol–water partition coefficient (Wildman–Crippen LogP) is 3.97. The van der Waals surface area contributed by atoms with Gasteiger partial charge in [-0.15, -0.1) is 10.2 Å². The molecule has 0 saturated carbocycles. The fourth-order valence-corrected chi connectivity index (χ4v) is 8.34. The van der Waals surface area contributed by atoms with E-state index in [4.69, 9.17) is 101 Å². The number of nitrogens with one attached hydrogen (secondary N) is 2. The second-order valence-corrected chi connectivity index (χ2v) is 16.9. The summed E-state index contributed by atoms with van der Waals surface area (Å²) in [5, 5.41) is 9.95. The van der Waals surface area contributed by atoms with Crippen LogP contribution in [0.5, 0.6) is 34.5 Å². The first-order valence-electron chi connectivity index (χ1n) is 24.9. The molecule has 0 radical (unpaired) electrons. The second kappa shape index (κ2) is 25.1. The summed E-state index contributed by atoms with van der Waals surface area (Å²) in [6.07, 6.45) is 0. The van der Waals surface area contributed by atoms with Gasteiger partial charge in [0, 0.05) is 33.0 Å². The van der Waals surface area contributed by atoms with Crippen LogP contribution < -0.4 is 28.4 Å². The third-order valence-corrected chi connectivity index (χ3v) is 11.9. The van der Waals surface area contributed by atoms with Crippen LogP contribution in [0, 0.1) is 0 Å². The zero-order valence-electron chi connectivity index (χ0n) is 41.1. The molecule has 5 aliphatic heterocycles. The van der Waals surface area contributed by atoms with Crippen molar-refractivity contribution in [2.45, 2.75) is 0 Å². The third-order valence-electron chi connectivity index (χ3n) is 11.9. The number of rotatable bonds is 0. The summed E-state index contributed by atoms with van der Waals surface area (Å²) in [6.45, 7) is 8.37. The molecule has 0 saturated heterocycles. The van der Waals surface area contributed by atoms with Crippen LogP contribution in [0.4, 0.5) is 0 Å². The Balaban J connectivity index is 1.09. The lowest BCUT2D eigenvalue weighted by Crippen LogP contribution is -2.13. The Morgan fingerprint density at radius 1 is 0.253 bits per heavy atom. The molecule has 396 valence electrons. The molecule has 0 unspecified atom stereocenters. The number of aromatic amines is 2. The first kappa shape index (κ1) is 50.2. The molecule has 0 atom stereocenters. The summed E-state index contributed by atoms with van der Waals surface area (Å²) >= 11 is 0. The number of hydrogen-bond acceptors (Lipinski definition) is 23. The molecule has 8 bridgehead atoms. The largest absolute Gasteiger partial charge is 0.487 e. The molecule has 0 aliphatic carbocycles. The second-order valence-electron chi connectivity index (χ2n) is 16.9. The average molecular weight is 1040 g/mol. The van der Waals surface area contributed by atoms with Gasteiger partial charge in [-0.1, -0.05) is 0 Å². The minimum atomic E-state index is 0.121. The van der Waals surface area contributed by atoms with Crippen LogP contribution >= 0.6 is 0 Å². The molecule has 75 heavy (non-hydrogen) atoms. The van der Waals surface area contributed by atoms with E-state index in [-0.39, 0.29) is 62.8 Å². The Labute approximate surface area is 428 Å². The zero-order chi connectivity index (χ0) is 50.4. The molecule has 3 aromatic carbocycles. The van der Waals surface area contributed by atoms with Gasteiger partial charge in [-0.05, 0) is 36.4 Å². The average Bonchev–Trinajstić information content (AvgIpc) is 4.18. The summed E-state index contributed by atoms with van der Waals surface area (Å²) in [5.41, 5.74) is 3.16. The normalized spacial score (nSPS) is 18.3. The van der Waals surface area contributed by atoms with Crippen molar-refractivity contribution in [2.75, 3.05) is 159 Å². The van der Waals surface area contributed by atoms with Crippen LogP contribution in [0.15, 0.2) is 36.4 Å². The first-order valence-corrected chi connectivity index (χ1v) is 24.9. The van der Waals surface area contributed by atoms with Gasteiger partial charge in [0.25, 0.3) is 11.6 Å². The zero-order valence-corrected chi connectivity index (χ0v) is 41.1. The molecule has 6 aromatic rings. The summed E-state index contributed by atoms with van der Waals surface area (Å²) < 4.78 is 89.4. The fraction of sp³-hybridized carbons (Fsp3) is 0.480. The lowest BCUT2D eigenvalue weighted by Gasteiger charge is -2.14. The summed E-state index contributed by atoms with van der Waals surface area (Å²) in [6, 6.07) is 11.0. The number of hydrogen-bond donors (Lipinski definition) is 2. The van der Waals surface area contributed by atoms with Crippen LogP contribution in [0.25, 0.3) is 79.2 Å². The maximum Gasteiger partial charge on any atom is 0.251 e. The Bertz CT molecular complexity index is 2890. The summed E-state index contributed by atoms with van der Waals surface area (Å²) in [4.78, 5) is 36.8. The smallest absolute Gasteiger partial charge is 0.251 e. The van der Waals surface area contributed by atoms with Crippen LogP contribution in [-0.4, -0.2) is 209 Å². The number of nitrogens with zero attached hydrogens (tertiary/aromatic N) is 8. The monoisotopic (exact) mass is 1040 g/mol. The van der Waals surface area contributed by atoms with Crippen molar-refractivity contribution in [1.82, 2.24) is 50.1 Å². The number of aromatic nitrogens is 10. The van der Waals surface area contributed by atoms with E-state index in [9.17, 15) is 0 Å². The van der Waals surface area contributed by atoms with E-state index in [0.717, 1.165) is 0 Å². The van der Waals surface area contributed by atoms with E-state index >= 15 is 0 Å². The van der Waals surface area contributed by atoms with Gasteiger partial charge in [0.2, 0.25) is 0 Å². The van der Waals surface area contributed by atoms with E-state index in [1.807, 2.05) is 36.4 Å². The SMILES string of the molecule is c1c2c(cc3c1-c1nc-3nc3[nH]c(nc4nc(nc5nnc(n1)[nH]5)-c1cc5c(cc1-4)OCCOCCOCCOCCO5)c1cc4c(cc31)OCCOCCOCCOCCO4)OCCOCCOCCOCCO2. The van der Waals surface area contributed by atoms with Gasteiger partial charge < -0.3 is 76.0 Å². The molecule has 3 aromatic heterocycles. The molecular formula is C50H56N10O15. The van der Waals surface area contributed by atoms with Crippen LogP contribution in [-0.2, 0) is 42.6 Å². The van der Waals surface area contributed by atoms with Gasteiger partial charge in [-0.2, -0.15) is 9.97 Å². The van der Waals surface area contributed by atoms with E-state index in [2.05, 4.69) is 20.2 Å². The van der Waals surface area contributed by atoms with Gasteiger partial charge in [0.15, 0.2) is 57.8 Å². The molecule has 8 heterocycles. The fourth-order valence-electron chi connectivity index (χ4n) is 8.34. The molecule has 25 heteroatoms. The van der Waals surface area contributed by atoms with Gasteiger partial charge >= 0.3 is 0 Å². The van der Waals surface area contributed by atoms with Crippen molar-refractivity contribution in [2.24, 2.45) is 0 Å². The van der Waals surface area contributed by atoms with Crippen molar-refractivity contribution < 1.29 is 71.1 Å². The van der Waals surface area contributed by atoms with Gasteiger partial charge in [0.05, 0.1) is 119 Å². The number of ether oxygens (including phenoxy) is 15. The topological polar surface area (TPSA) is 273 Å². The molecule has 0 fully saturated rings. The summed E-state index contributed by atoms with van der Waals surface area (Å²) in [5.74, 6) is 4.04. The maximum atomic E-state index is 6.38. The standard InChI is InChI=1S/C50H56N10O15/c1-7-64-13-19-70-37-25-31-32(26-38(37)71-20-14-65-8-2-61-1)44-51-43(31)52-45-33-27-39-41(74-23-17-68-11-5-62-3-9-66-15-21-72-39)29-35(33)47(54-45)56-49-58-50(60-59-49)57-48-36-30-42-40(28-34(36)46(53-44)55-48)73-22-16-67-10-4-63-6-12-69-18-24-75-42/h25-30H,1-24H2,(H2,51,52,53,54,55,56,57,58,59,60). The van der Waals surface area contributed by atoms with E-state index < -0.39 is 0 Å². The van der Waals surface area contributed by atoms with Gasteiger partial charge in [-0.25, -0.2) is 19.9 Å². The number of H-pyrrole nitrogens is 2. The lowest BCUT2D eigenvalue weighted by molar-refractivity contribution is 0.00708. The predicted molar refractivity (Wildman–Crippen MR) is 264 cm³/mol. The van der Waals surface area contributed by atoms with Crippen LogP contribution in [0.2, 0.25) is 0 Å². The number of benzene rings is 3. The quantitative estimate of drug-likeness (QED) is 0.217. The Morgan fingerprint density at radius 3 is 0.773 bits per heavy atom. The number of fused-ring (bicyclic) bond motifs is 20. The van der Waals surface area contributed by atoms with Crippen LogP contribution in [0.3, 0.4) is 0 Å². The van der Waals surface area contributed by atoms with Crippen molar-refractivity contribution in [3.63, 3.8) is 0 Å². The van der Waals surface area contributed by atoms with Crippen LogP contribution in [0.1, 0.15) is 0 Å². The molecular weight excluding hydrogens is 981 g/mol. The first-order chi connectivity index (χ1) is 37.2. The highest BCUT2D eigenvalue weighted by Crippen LogP contribution is 2.45. The van der Waals surface area contributed by atoms with Crippen molar-refractivity contribution in [3.8, 4) is 80.0 Å². The third kappa shape index (κ3) is 12.6. The molecule has 11 rings (SSSR count). The van der Waals surface area contributed by atoms with E-state index in [0.29, 0.717) is 209 Å². The maximum absolute atomic E-state index is 6.38. The lowest BCUT2D eigenvalue weighted by atomic mass is 10.1.